The average Bonchev–Trinajstić information content (AvgIpc) is 2.74. The number of hydrogen-bond acceptors (Lipinski definition) is 3. The maximum Gasteiger partial charge on any atom is 0.337 e. The van der Waals surface area contributed by atoms with Crippen molar-refractivity contribution in [1.29, 1.82) is 0 Å². The summed E-state index contributed by atoms with van der Waals surface area (Å²) in [6, 6.07) is 8.33. The Balaban J connectivity index is 0.000000929. The molecule has 0 N–H and O–H groups in total. The third-order valence-electron chi connectivity index (χ3n) is 5.09. The molecule has 0 saturated carbocycles. The van der Waals surface area contributed by atoms with Crippen LogP contribution in [0.3, 0.4) is 0 Å². The molecule has 0 aliphatic heterocycles. The molecule has 1 aromatic carbocycles. The van der Waals surface area contributed by atoms with Crippen LogP contribution in [0.5, 0.6) is 5.75 Å². The van der Waals surface area contributed by atoms with Crippen LogP contribution < -0.4 is 5.11 Å². The van der Waals surface area contributed by atoms with Crippen molar-refractivity contribution in [1.82, 2.24) is 0 Å². The van der Waals surface area contributed by atoms with Crippen LogP contribution in [0.4, 0.5) is 0 Å². The van der Waals surface area contributed by atoms with Crippen LogP contribution >= 0.6 is 7.26 Å². The van der Waals surface area contributed by atoms with Crippen molar-refractivity contribution >= 4 is 13.2 Å². The summed E-state index contributed by atoms with van der Waals surface area (Å²) in [5.74, 6) is -0.0126. The van der Waals surface area contributed by atoms with Gasteiger partial charge in [0.1, 0.15) is 0 Å². The lowest BCUT2D eigenvalue weighted by Gasteiger charge is -2.28. The minimum absolute atomic E-state index is 0.0718. The first kappa shape index (κ1) is 27.7. The standard InChI is InChI=1S/C19H38O2P.C6H6O/c1-6-11-14-22(15-12-7-2,16-13-8-3)17-18(9-4)19(20)21-10-5;7-6-4-2-1-3-5-6/h9H,6-8,10-17H2,1-5H3;1-5,7H/q+1;/p-1/b18-9+;. The molecule has 1 aromatic rings. The van der Waals surface area contributed by atoms with E-state index in [9.17, 15) is 9.90 Å². The van der Waals surface area contributed by atoms with Crippen LogP contribution in [0.2, 0.25) is 0 Å². The van der Waals surface area contributed by atoms with Crippen molar-refractivity contribution < 1.29 is 14.6 Å². The van der Waals surface area contributed by atoms with Gasteiger partial charge in [-0.2, -0.15) is 0 Å². The molecule has 0 spiro atoms. The molecule has 0 atom stereocenters. The molecule has 29 heavy (non-hydrogen) atoms. The first-order chi connectivity index (χ1) is 14.0. The molecule has 1 rings (SSSR count). The van der Waals surface area contributed by atoms with Gasteiger partial charge in [-0.25, -0.2) is 4.79 Å². The number of carbonyl (C=O) groups is 1. The van der Waals surface area contributed by atoms with Gasteiger partial charge < -0.3 is 9.84 Å². The maximum absolute atomic E-state index is 12.2. The zero-order chi connectivity index (χ0) is 22.0. The fourth-order valence-corrected chi connectivity index (χ4v) is 8.47. The number of esters is 1. The minimum atomic E-state index is -1.07. The quantitative estimate of drug-likeness (QED) is 0.202. The molecule has 0 aromatic heterocycles. The van der Waals surface area contributed by atoms with Crippen LogP contribution in [-0.2, 0) is 9.53 Å². The molecular formula is C25H43O3P. The smallest absolute Gasteiger partial charge is 0.337 e. The van der Waals surface area contributed by atoms with Crippen molar-refractivity contribution in [2.24, 2.45) is 0 Å². The lowest BCUT2D eigenvalue weighted by Crippen LogP contribution is -2.19. The normalized spacial score (nSPS) is 11.6. The zero-order valence-electron chi connectivity index (χ0n) is 19.4. The molecule has 3 nitrogen and oxygen atoms in total. The van der Waals surface area contributed by atoms with Gasteiger partial charge in [0.15, 0.2) is 0 Å². The van der Waals surface area contributed by atoms with E-state index in [0.29, 0.717) is 6.61 Å². The largest absolute Gasteiger partial charge is 0.872 e. The van der Waals surface area contributed by atoms with Gasteiger partial charge in [-0.3, -0.25) is 0 Å². The number of carbonyl (C=O) groups excluding carboxylic acids is 1. The number of allylic oxidation sites excluding steroid dienone is 1. The molecule has 0 heterocycles. The Morgan fingerprint density at radius 3 is 1.72 bits per heavy atom. The first-order valence-electron chi connectivity index (χ1n) is 11.4. The van der Waals surface area contributed by atoms with Gasteiger partial charge in [-0.1, -0.05) is 76.4 Å². The highest BCUT2D eigenvalue weighted by Gasteiger charge is 2.37. The van der Waals surface area contributed by atoms with Crippen molar-refractivity contribution in [2.45, 2.75) is 73.1 Å². The van der Waals surface area contributed by atoms with Crippen LogP contribution in [0.1, 0.15) is 73.1 Å². The molecular weight excluding hydrogens is 379 g/mol. The lowest BCUT2D eigenvalue weighted by molar-refractivity contribution is -0.268. The highest BCUT2D eigenvalue weighted by atomic mass is 31.2. The van der Waals surface area contributed by atoms with Gasteiger partial charge >= 0.3 is 5.97 Å². The van der Waals surface area contributed by atoms with E-state index in [1.54, 1.807) is 12.1 Å². The molecule has 0 radical (unpaired) electrons. The van der Waals surface area contributed by atoms with E-state index in [1.807, 2.05) is 26.0 Å². The SMILES string of the molecule is C/C=C(\C[P+](CCCC)(CCCC)CCCC)C(=O)OCC.[O-]c1ccccc1. The van der Waals surface area contributed by atoms with E-state index in [4.69, 9.17) is 4.74 Å². The van der Waals surface area contributed by atoms with Gasteiger partial charge in [0.25, 0.3) is 0 Å². The van der Waals surface area contributed by atoms with Crippen LogP contribution in [0, 0.1) is 0 Å². The summed E-state index contributed by atoms with van der Waals surface area (Å²) in [4.78, 5) is 12.2. The maximum atomic E-state index is 12.2. The second-order valence-corrected chi connectivity index (χ2v) is 11.9. The topological polar surface area (TPSA) is 49.4 Å². The first-order valence-corrected chi connectivity index (χ1v) is 13.9. The number of unbranched alkanes of at least 4 members (excludes halogenated alkanes) is 3. The molecule has 0 aliphatic carbocycles. The van der Waals surface area contributed by atoms with E-state index < -0.39 is 7.26 Å². The Labute approximate surface area is 180 Å². The second-order valence-electron chi connectivity index (χ2n) is 7.58. The Morgan fingerprint density at radius 1 is 0.931 bits per heavy atom. The summed E-state index contributed by atoms with van der Waals surface area (Å²) in [5.41, 5.74) is 0.929. The monoisotopic (exact) mass is 422 g/mol. The van der Waals surface area contributed by atoms with Gasteiger partial charge in [-0.05, 0) is 33.1 Å². The summed E-state index contributed by atoms with van der Waals surface area (Å²) in [6.07, 6.45) is 14.7. The molecule has 166 valence electrons. The molecule has 0 unspecified atom stereocenters. The average molecular weight is 423 g/mol. The molecule has 0 fully saturated rings. The number of hydrogen-bond donors (Lipinski definition) is 0. The van der Waals surface area contributed by atoms with E-state index in [1.165, 1.54) is 69.1 Å². The summed E-state index contributed by atoms with van der Waals surface area (Å²) < 4.78 is 5.26. The van der Waals surface area contributed by atoms with E-state index in [-0.39, 0.29) is 11.7 Å². The van der Waals surface area contributed by atoms with E-state index in [0.717, 1.165) is 11.7 Å². The van der Waals surface area contributed by atoms with Gasteiger partial charge in [0.2, 0.25) is 0 Å². The van der Waals surface area contributed by atoms with Crippen molar-refractivity contribution in [3.8, 4) is 5.75 Å². The minimum Gasteiger partial charge on any atom is -0.872 e. The number of ether oxygens (including phenoxy) is 1. The van der Waals surface area contributed by atoms with Crippen LogP contribution in [0.25, 0.3) is 0 Å². The summed E-state index contributed by atoms with van der Waals surface area (Å²) >= 11 is 0. The van der Waals surface area contributed by atoms with Crippen molar-refractivity contribution in [3.05, 3.63) is 42.0 Å². The van der Waals surface area contributed by atoms with Crippen molar-refractivity contribution in [3.63, 3.8) is 0 Å². The van der Waals surface area contributed by atoms with Crippen LogP contribution in [0.15, 0.2) is 42.0 Å². The van der Waals surface area contributed by atoms with Gasteiger partial charge in [-0.15, -0.1) is 5.75 Å². The van der Waals surface area contributed by atoms with Gasteiger partial charge in [0.05, 0.1) is 36.8 Å². The Hall–Kier alpha value is -1.34. The Kier molecular flexibility index (Phi) is 16.7. The van der Waals surface area contributed by atoms with Crippen LogP contribution in [-0.4, -0.2) is 37.2 Å². The third-order valence-corrected chi connectivity index (χ3v) is 9.90. The zero-order valence-corrected chi connectivity index (χ0v) is 20.3. The number of rotatable bonds is 13. The van der Waals surface area contributed by atoms with E-state index >= 15 is 0 Å². The molecule has 4 heteroatoms. The summed E-state index contributed by atoms with van der Waals surface area (Å²) in [5, 5.41) is 10.3. The predicted octanol–water partition coefficient (Wildman–Crippen LogP) is 6.67. The third kappa shape index (κ3) is 12.7. The fourth-order valence-electron chi connectivity index (χ4n) is 3.33. The number of para-hydroxylation sites is 1. The van der Waals surface area contributed by atoms with Crippen molar-refractivity contribution in [2.75, 3.05) is 31.3 Å². The van der Waals surface area contributed by atoms with E-state index in [2.05, 4.69) is 20.8 Å². The Bertz CT molecular complexity index is 533. The highest BCUT2D eigenvalue weighted by molar-refractivity contribution is 7.76. The summed E-state index contributed by atoms with van der Waals surface area (Å²) in [6.45, 7) is 11.2. The second kappa shape index (κ2) is 17.5. The fraction of sp³-hybridized carbons (Fsp3) is 0.640. The molecule has 0 amide bonds. The summed E-state index contributed by atoms with van der Waals surface area (Å²) in [7, 11) is -1.07. The molecule has 0 bridgehead atoms. The lowest BCUT2D eigenvalue weighted by atomic mass is 10.3. The predicted molar refractivity (Wildman–Crippen MR) is 127 cm³/mol. The molecule has 0 saturated heterocycles. The highest BCUT2D eigenvalue weighted by Crippen LogP contribution is 2.61. The molecule has 0 aliphatic rings. The Morgan fingerprint density at radius 2 is 1.41 bits per heavy atom. The van der Waals surface area contributed by atoms with Gasteiger partial charge in [0, 0.05) is 7.26 Å². The number of benzene rings is 1.